The quantitative estimate of drug-likeness (QED) is 0.549. The number of carbonyl (C=O) groups is 1. The van der Waals surface area contributed by atoms with Gasteiger partial charge in [-0.25, -0.2) is 9.97 Å². The van der Waals surface area contributed by atoms with Gasteiger partial charge in [0.15, 0.2) is 11.5 Å². The van der Waals surface area contributed by atoms with E-state index in [1.165, 1.54) is 0 Å². The van der Waals surface area contributed by atoms with Gasteiger partial charge in [0.25, 0.3) is 5.91 Å². The molecule has 2 aromatic heterocycles. The molecule has 7 nitrogen and oxygen atoms in total. The molecule has 0 spiro atoms. The summed E-state index contributed by atoms with van der Waals surface area (Å²) in [7, 11) is 0. The van der Waals surface area contributed by atoms with E-state index in [1.807, 2.05) is 58.1 Å². The largest absolute Gasteiger partial charge is 0.378 e. The third-order valence-electron chi connectivity index (χ3n) is 5.49. The Morgan fingerprint density at radius 2 is 1.84 bits per heavy atom. The lowest BCUT2D eigenvalue weighted by Crippen LogP contribution is -2.40. The number of benzene rings is 2. The number of anilines is 2. The van der Waals surface area contributed by atoms with Crippen molar-refractivity contribution in [1.82, 2.24) is 19.3 Å². The van der Waals surface area contributed by atoms with Crippen molar-refractivity contribution in [3.05, 3.63) is 78.2 Å². The molecule has 1 aliphatic heterocycles. The molecule has 1 amide bonds. The van der Waals surface area contributed by atoms with E-state index < -0.39 is 0 Å². The van der Waals surface area contributed by atoms with Crippen LogP contribution in [0.3, 0.4) is 0 Å². The Labute approximate surface area is 180 Å². The molecule has 1 N–H and O–H groups in total. The first-order chi connectivity index (χ1) is 15.2. The minimum Gasteiger partial charge on any atom is -0.378 e. The number of morpholine rings is 1. The number of hydrogen-bond donors (Lipinski definition) is 1. The van der Waals surface area contributed by atoms with E-state index in [2.05, 4.69) is 29.4 Å². The normalized spacial score (nSPS) is 14.0. The predicted octanol–water partition coefficient (Wildman–Crippen LogP) is 3.92. The highest BCUT2D eigenvalue weighted by Crippen LogP contribution is 2.26. The van der Waals surface area contributed by atoms with Crippen molar-refractivity contribution < 1.29 is 9.53 Å². The molecule has 31 heavy (non-hydrogen) atoms. The van der Waals surface area contributed by atoms with E-state index in [4.69, 9.17) is 9.72 Å². The topological polar surface area (TPSA) is 71.8 Å². The Morgan fingerprint density at radius 1 is 1.06 bits per heavy atom. The minimum absolute atomic E-state index is 0.0326. The van der Waals surface area contributed by atoms with Crippen LogP contribution in [0.1, 0.15) is 15.9 Å². The van der Waals surface area contributed by atoms with Gasteiger partial charge in [-0.3, -0.25) is 4.79 Å². The molecule has 5 rings (SSSR count). The maximum atomic E-state index is 12.7. The summed E-state index contributed by atoms with van der Waals surface area (Å²) in [5.41, 5.74) is 5.35. The summed E-state index contributed by atoms with van der Waals surface area (Å²) in [6.07, 6.45) is 5.65. The van der Waals surface area contributed by atoms with Crippen LogP contribution in [0.4, 0.5) is 11.5 Å². The van der Waals surface area contributed by atoms with Crippen LogP contribution in [0.5, 0.6) is 0 Å². The fraction of sp³-hybridized carbons (Fsp3) is 0.208. The molecule has 0 aliphatic carbocycles. The highest BCUT2D eigenvalue weighted by Gasteiger charge is 2.18. The predicted molar refractivity (Wildman–Crippen MR) is 120 cm³/mol. The van der Waals surface area contributed by atoms with Crippen LogP contribution in [0.25, 0.3) is 16.9 Å². The number of aromatic nitrogens is 3. The van der Waals surface area contributed by atoms with Gasteiger partial charge in [0.05, 0.1) is 18.9 Å². The zero-order valence-corrected chi connectivity index (χ0v) is 17.3. The van der Waals surface area contributed by atoms with Crippen LogP contribution < -0.4 is 5.32 Å². The molecular weight excluding hydrogens is 390 g/mol. The summed E-state index contributed by atoms with van der Waals surface area (Å²) in [6.45, 7) is 4.52. The highest BCUT2D eigenvalue weighted by atomic mass is 16.5. The number of hydrogen-bond acceptors (Lipinski definition) is 5. The molecule has 3 heterocycles. The summed E-state index contributed by atoms with van der Waals surface area (Å²) in [4.78, 5) is 23.8. The van der Waals surface area contributed by atoms with Crippen molar-refractivity contribution >= 4 is 23.1 Å². The van der Waals surface area contributed by atoms with Gasteiger partial charge in [-0.05, 0) is 36.8 Å². The molecule has 7 heteroatoms. The molecule has 4 aromatic rings. The van der Waals surface area contributed by atoms with Gasteiger partial charge in [0.1, 0.15) is 0 Å². The summed E-state index contributed by atoms with van der Waals surface area (Å²) < 4.78 is 7.30. The Bertz CT molecular complexity index is 1230. The SMILES string of the molecule is Cc1ccccc1-c1cn2ccnc2c(Nc2ccc(C(=O)N3CCOCC3)cc2)n1. The zero-order chi connectivity index (χ0) is 21.2. The maximum absolute atomic E-state index is 12.7. The van der Waals surface area contributed by atoms with Crippen LogP contribution in [0.15, 0.2) is 67.1 Å². The third-order valence-corrected chi connectivity index (χ3v) is 5.49. The number of rotatable bonds is 4. The average molecular weight is 413 g/mol. The van der Waals surface area contributed by atoms with Gasteiger partial charge in [0, 0.05) is 48.5 Å². The van der Waals surface area contributed by atoms with Crippen LogP contribution in [0.2, 0.25) is 0 Å². The second kappa shape index (κ2) is 8.20. The van der Waals surface area contributed by atoms with Crippen LogP contribution in [-0.2, 0) is 4.74 Å². The van der Waals surface area contributed by atoms with Crippen LogP contribution >= 0.6 is 0 Å². The standard InChI is InChI=1S/C24H23N5O2/c1-17-4-2-3-5-20(17)21-16-29-11-10-25-23(29)22(27-21)26-19-8-6-18(7-9-19)24(30)28-12-14-31-15-13-28/h2-11,16H,12-15H2,1H3,(H,26,27). The number of nitrogens with one attached hydrogen (secondary N) is 1. The smallest absolute Gasteiger partial charge is 0.254 e. The molecule has 0 atom stereocenters. The molecule has 1 fully saturated rings. The molecular formula is C24H23N5O2. The van der Waals surface area contributed by atoms with Gasteiger partial charge in [-0.2, -0.15) is 0 Å². The third kappa shape index (κ3) is 3.87. The number of carbonyl (C=O) groups excluding carboxylic acids is 1. The van der Waals surface area contributed by atoms with Crippen LogP contribution in [-0.4, -0.2) is 51.5 Å². The van der Waals surface area contributed by atoms with E-state index in [9.17, 15) is 4.79 Å². The van der Waals surface area contributed by atoms with Gasteiger partial charge in [-0.1, -0.05) is 24.3 Å². The number of imidazole rings is 1. The van der Waals surface area contributed by atoms with Crippen molar-refractivity contribution in [2.24, 2.45) is 0 Å². The number of nitrogens with zero attached hydrogens (tertiary/aromatic N) is 4. The molecule has 0 bridgehead atoms. The van der Waals surface area contributed by atoms with Crippen molar-refractivity contribution in [2.75, 3.05) is 31.6 Å². The maximum Gasteiger partial charge on any atom is 0.254 e. The second-order valence-electron chi connectivity index (χ2n) is 7.55. The summed E-state index contributed by atoms with van der Waals surface area (Å²) >= 11 is 0. The fourth-order valence-corrected chi connectivity index (χ4v) is 3.79. The lowest BCUT2D eigenvalue weighted by atomic mass is 10.1. The number of aryl methyl sites for hydroxylation is 1. The Kier molecular flexibility index (Phi) is 5.09. The number of fused-ring (bicyclic) bond motifs is 1. The second-order valence-corrected chi connectivity index (χ2v) is 7.55. The molecule has 156 valence electrons. The average Bonchev–Trinajstić information content (AvgIpc) is 3.29. The Hall–Kier alpha value is -3.71. The molecule has 0 saturated carbocycles. The van der Waals surface area contributed by atoms with Gasteiger partial charge >= 0.3 is 0 Å². The Morgan fingerprint density at radius 3 is 2.61 bits per heavy atom. The van der Waals surface area contributed by atoms with Gasteiger partial charge in [-0.15, -0.1) is 0 Å². The summed E-state index contributed by atoms with van der Waals surface area (Å²) in [6, 6.07) is 15.7. The number of ether oxygens (including phenoxy) is 1. The first kappa shape index (κ1) is 19.3. The van der Waals surface area contributed by atoms with Gasteiger partial charge in [0.2, 0.25) is 0 Å². The van der Waals surface area contributed by atoms with E-state index in [0.29, 0.717) is 37.7 Å². The van der Waals surface area contributed by atoms with E-state index in [0.717, 1.165) is 28.2 Å². The fourth-order valence-electron chi connectivity index (χ4n) is 3.79. The summed E-state index contributed by atoms with van der Waals surface area (Å²) in [5.74, 6) is 0.697. The summed E-state index contributed by atoms with van der Waals surface area (Å²) in [5, 5.41) is 3.37. The van der Waals surface area contributed by atoms with Crippen molar-refractivity contribution in [1.29, 1.82) is 0 Å². The van der Waals surface area contributed by atoms with Crippen molar-refractivity contribution in [3.63, 3.8) is 0 Å². The lowest BCUT2D eigenvalue weighted by Gasteiger charge is -2.26. The van der Waals surface area contributed by atoms with Crippen LogP contribution in [0, 0.1) is 6.92 Å². The minimum atomic E-state index is 0.0326. The lowest BCUT2D eigenvalue weighted by molar-refractivity contribution is 0.0303. The first-order valence-corrected chi connectivity index (χ1v) is 10.3. The molecule has 1 saturated heterocycles. The molecule has 0 unspecified atom stereocenters. The Balaban J connectivity index is 1.43. The molecule has 1 aliphatic rings. The van der Waals surface area contributed by atoms with Crippen molar-refractivity contribution in [2.45, 2.75) is 6.92 Å². The molecule has 2 aromatic carbocycles. The number of amides is 1. The highest BCUT2D eigenvalue weighted by molar-refractivity contribution is 5.94. The monoisotopic (exact) mass is 413 g/mol. The van der Waals surface area contributed by atoms with E-state index in [1.54, 1.807) is 6.20 Å². The van der Waals surface area contributed by atoms with Gasteiger partial charge < -0.3 is 19.4 Å². The van der Waals surface area contributed by atoms with E-state index in [-0.39, 0.29) is 5.91 Å². The first-order valence-electron chi connectivity index (χ1n) is 10.3. The zero-order valence-electron chi connectivity index (χ0n) is 17.3. The van der Waals surface area contributed by atoms with E-state index >= 15 is 0 Å². The van der Waals surface area contributed by atoms with Crippen molar-refractivity contribution in [3.8, 4) is 11.3 Å². The molecule has 0 radical (unpaired) electrons.